The number of nitrogens with zero attached hydrogens (tertiary/aromatic N) is 1. The minimum absolute atomic E-state index is 0.0787. The number of para-hydroxylation sites is 1. The van der Waals surface area contributed by atoms with Crippen molar-refractivity contribution in [3.63, 3.8) is 0 Å². The lowest BCUT2D eigenvalue weighted by molar-refractivity contribution is 0.0954. The molecule has 1 heterocycles. The van der Waals surface area contributed by atoms with E-state index < -0.39 is 0 Å². The Morgan fingerprint density at radius 2 is 2.11 bits per heavy atom. The van der Waals surface area contributed by atoms with Crippen molar-refractivity contribution in [3.8, 4) is 12.3 Å². The van der Waals surface area contributed by atoms with Crippen molar-refractivity contribution in [1.82, 2.24) is 10.3 Å². The van der Waals surface area contributed by atoms with Crippen LogP contribution in [-0.2, 0) is 0 Å². The molecule has 96 valence electrons. The lowest BCUT2D eigenvalue weighted by Crippen LogP contribution is -2.24. The van der Waals surface area contributed by atoms with Gasteiger partial charge in [0.15, 0.2) is 0 Å². The standard InChI is InChI=1S/C16H16N2O/c1-2-3-4-5-11-18-16(19)14-10-6-8-13-9-7-12-17-15(13)14/h1,6-10,12H,3-5,11H2,(H,18,19). The number of fused-ring (bicyclic) bond motifs is 1. The predicted octanol–water partition coefficient (Wildman–Crippen LogP) is 2.77. The highest BCUT2D eigenvalue weighted by molar-refractivity contribution is 6.05. The molecule has 0 atom stereocenters. The van der Waals surface area contributed by atoms with Crippen molar-refractivity contribution in [1.29, 1.82) is 0 Å². The van der Waals surface area contributed by atoms with Crippen molar-refractivity contribution in [2.24, 2.45) is 0 Å². The van der Waals surface area contributed by atoms with E-state index in [0.29, 0.717) is 12.1 Å². The summed E-state index contributed by atoms with van der Waals surface area (Å²) < 4.78 is 0. The molecule has 0 fully saturated rings. The van der Waals surface area contributed by atoms with E-state index in [1.54, 1.807) is 12.3 Å². The van der Waals surface area contributed by atoms with Gasteiger partial charge in [0.2, 0.25) is 0 Å². The van der Waals surface area contributed by atoms with Crippen LogP contribution in [0.25, 0.3) is 10.9 Å². The molecule has 0 saturated heterocycles. The van der Waals surface area contributed by atoms with E-state index in [-0.39, 0.29) is 5.91 Å². The first kappa shape index (κ1) is 13.1. The van der Waals surface area contributed by atoms with Crippen LogP contribution in [0.15, 0.2) is 36.5 Å². The van der Waals surface area contributed by atoms with Gasteiger partial charge >= 0.3 is 0 Å². The molecule has 3 heteroatoms. The van der Waals surface area contributed by atoms with E-state index in [9.17, 15) is 4.79 Å². The summed E-state index contributed by atoms with van der Waals surface area (Å²) >= 11 is 0. The highest BCUT2D eigenvalue weighted by Crippen LogP contribution is 2.15. The zero-order valence-electron chi connectivity index (χ0n) is 10.7. The number of terminal acetylenes is 1. The molecule has 0 unspecified atom stereocenters. The summed E-state index contributed by atoms with van der Waals surface area (Å²) in [5, 5.41) is 3.88. The highest BCUT2D eigenvalue weighted by atomic mass is 16.1. The van der Waals surface area contributed by atoms with Gasteiger partial charge in [0, 0.05) is 24.5 Å². The average molecular weight is 252 g/mol. The number of carbonyl (C=O) groups is 1. The second kappa shape index (κ2) is 6.55. The molecule has 0 aliphatic rings. The van der Waals surface area contributed by atoms with Crippen LogP contribution in [0, 0.1) is 12.3 Å². The molecular weight excluding hydrogens is 236 g/mol. The second-order valence-electron chi connectivity index (χ2n) is 4.30. The zero-order chi connectivity index (χ0) is 13.5. The predicted molar refractivity (Wildman–Crippen MR) is 76.8 cm³/mol. The molecule has 19 heavy (non-hydrogen) atoms. The van der Waals surface area contributed by atoms with Crippen LogP contribution in [0.5, 0.6) is 0 Å². The van der Waals surface area contributed by atoms with Gasteiger partial charge in [0.05, 0.1) is 11.1 Å². The molecule has 0 spiro atoms. The molecule has 2 aromatic rings. The molecule has 0 radical (unpaired) electrons. The van der Waals surface area contributed by atoms with Gasteiger partial charge < -0.3 is 5.32 Å². The molecule has 0 aliphatic carbocycles. The van der Waals surface area contributed by atoms with Gasteiger partial charge in [-0.2, -0.15) is 0 Å². The van der Waals surface area contributed by atoms with E-state index in [1.807, 2.05) is 24.3 Å². The molecule has 1 N–H and O–H groups in total. The lowest BCUT2D eigenvalue weighted by Gasteiger charge is -2.06. The van der Waals surface area contributed by atoms with Crippen LogP contribution >= 0.6 is 0 Å². The Morgan fingerprint density at radius 3 is 2.95 bits per heavy atom. The molecule has 0 saturated carbocycles. The summed E-state index contributed by atoms with van der Waals surface area (Å²) in [5.74, 6) is 2.51. The number of nitrogens with one attached hydrogen (secondary N) is 1. The van der Waals surface area contributed by atoms with Crippen molar-refractivity contribution in [3.05, 3.63) is 42.1 Å². The van der Waals surface area contributed by atoms with Crippen molar-refractivity contribution in [2.75, 3.05) is 6.54 Å². The van der Waals surface area contributed by atoms with Gasteiger partial charge in [-0.25, -0.2) is 0 Å². The molecule has 1 amide bonds. The van der Waals surface area contributed by atoms with Crippen LogP contribution in [-0.4, -0.2) is 17.4 Å². The summed E-state index contributed by atoms with van der Waals surface area (Å²) in [4.78, 5) is 16.4. The van der Waals surface area contributed by atoms with Gasteiger partial charge in [0.1, 0.15) is 0 Å². The third-order valence-corrected chi connectivity index (χ3v) is 2.91. The first-order valence-electron chi connectivity index (χ1n) is 6.38. The number of carbonyl (C=O) groups excluding carboxylic acids is 1. The van der Waals surface area contributed by atoms with Crippen molar-refractivity contribution in [2.45, 2.75) is 19.3 Å². The van der Waals surface area contributed by atoms with Gasteiger partial charge in [-0.05, 0) is 25.0 Å². The molecular formula is C16H16N2O. The fourth-order valence-electron chi connectivity index (χ4n) is 1.94. The third kappa shape index (κ3) is 3.32. The topological polar surface area (TPSA) is 42.0 Å². The monoisotopic (exact) mass is 252 g/mol. The second-order valence-corrected chi connectivity index (χ2v) is 4.30. The van der Waals surface area contributed by atoms with Gasteiger partial charge in [-0.1, -0.05) is 18.2 Å². The van der Waals surface area contributed by atoms with E-state index in [1.165, 1.54) is 0 Å². The number of hydrogen-bond donors (Lipinski definition) is 1. The van der Waals surface area contributed by atoms with Crippen molar-refractivity contribution < 1.29 is 4.79 Å². The summed E-state index contributed by atoms with van der Waals surface area (Å²) in [6, 6.07) is 9.44. The number of amides is 1. The average Bonchev–Trinajstić information content (AvgIpc) is 2.46. The summed E-state index contributed by atoms with van der Waals surface area (Å²) in [5.41, 5.74) is 1.36. The molecule has 0 bridgehead atoms. The van der Waals surface area contributed by atoms with E-state index in [2.05, 4.69) is 16.2 Å². The maximum atomic E-state index is 12.1. The highest BCUT2D eigenvalue weighted by Gasteiger charge is 2.09. The van der Waals surface area contributed by atoms with Crippen LogP contribution in [0.1, 0.15) is 29.6 Å². The van der Waals surface area contributed by atoms with E-state index in [0.717, 1.165) is 30.2 Å². The van der Waals surface area contributed by atoms with Crippen LogP contribution in [0.4, 0.5) is 0 Å². The summed E-state index contributed by atoms with van der Waals surface area (Å²) in [6.45, 7) is 0.643. The van der Waals surface area contributed by atoms with Gasteiger partial charge in [-0.3, -0.25) is 9.78 Å². The third-order valence-electron chi connectivity index (χ3n) is 2.91. The maximum Gasteiger partial charge on any atom is 0.253 e. The Balaban J connectivity index is 2.03. The Kier molecular flexibility index (Phi) is 4.52. The number of benzene rings is 1. The maximum absolute atomic E-state index is 12.1. The molecule has 3 nitrogen and oxygen atoms in total. The Hall–Kier alpha value is -2.34. The summed E-state index contributed by atoms with van der Waals surface area (Å²) in [6.07, 6.45) is 9.47. The number of unbranched alkanes of at least 4 members (excludes halogenated alkanes) is 2. The normalized spacial score (nSPS) is 10.1. The molecule has 2 rings (SSSR count). The van der Waals surface area contributed by atoms with E-state index >= 15 is 0 Å². The SMILES string of the molecule is C#CCCCCNC(=O)c1cccc2cccnc12. The van der Waals surface area contributed by atoms with Crippen LogP contribution in [0.3, 0.4) is 0 Å². The van der Waals surface area contributed by atoms with Gasteiger partial charge in [0.25, 0.3) is 5.91 Å². The molecule has 1 aromatic heterocycles. The zero-order valence-corrected chi connectivity index (χ0v) is 10.7. The Morgan fingerprint density at radius 1 is 1.26 bits per heavy atom. The lowest BCUT2D eigenvalue weighted by atomic mass is 10.1. The number of aromatic nitrogens is 1. The minimum Gasteiger partial charge on any atom is -0.352 e. The summed E-state index contributed by atoms with van der Waals surface area (Å²) in [7, 11) is 0. The quantitative estimate of drug-likeness (QED) is 0.656. The van der Waals surface area contributed by atoms with Gasteiger partial charge in [-0.15, -0.1) is 12.3 Å². The Labute approximate surface area is 113 Å². The fourth-order valence-corrected chi connectivity index (χ4v) is 1.94. The Bertz CT molecular complexity index is 608. The van der Waals surface area contributed by atoms with Crippen molar-refractivity contribution >= 4 is 16.8 Å². The van der Waals surface area contributed by atoms with Crippen LogP contribution in [0.2, 0.25) is 0 Å². The minimum atomic E-state index is -0.0787. The smallest absolute Gasteiger partial charge is 0.253 e. The first-order valence-corrected chi connectivity index (χ1v) is 6.38. The first-order chi connectivity index (χ1) is 9.33. The fraction of sp³-hybridized carbons (Fsp3) is 0.250. The number of rotatable bonds is 5. The number of pyridine rings is 1. The number of hydrogen-bond acceptors (Lipinski definition) is 2. The van der Waals surface area contributed by atoms with E-state index in [4.69, 9.17) is 6.42 Å². The molecule has 0 aliphatic heterocycles. The largest absolute Gasteiger partial charge is 0.352 e. The van der Waals surface area contributed by atoms with Crippen LogP contribution < -0.4 is 5.32 Å². The molecule has 1 aromatic carbocycles.